The Labute approximate surface area is 131 Å². The summed E-state index contributed by atoms with van der Waals surface area (Å²) in [5, 5.41) is 6.54. The summed E-state index contributed by atoms with van der Waals surface area (Å²) in [5.41, 5.74) is 1.45. The zero-order valence-electron chi connectivity index (χ0n) is 10.4. The molecule has 1 aromatic carbocycles. The Bertz CT molecular complexity index is 661. The highest BCUT2D eigenvalue weighted by Crippen LogP contribution is 2.32. The van der Waals surface area contributed by atoms with E-state index in [1.54, 1.807) is 19.3 Å². The number of pyridine rings is 1. The quantitative estimate of drug-likeness (QED) is 0.823. The molecule has 0 fully saturated rings. The summed E-state index contributed by atoms with van der Waals surface area (Å²) in [6, 6.07) is 4.59. The lowest BCUT2D eigenvalue weighted by molar-refractivity contribution is 0.102. The zero-order chi connectivity index (χ0) is 14.7. The average molecular weight is 331 g/mol. The standard InChI is InChI=1S/C13H10Cl3N3O/c1-17-12-6-18-3-2-7(12)13(20)19-11-5-9(15)8(14)4-10(11)16/h2-6,17H,1H3,(H,19,20). The van der Waals surface area contributed by atoms with Crippen molar-refractivity contribution in [1.29, 1.82) is 0 Å². The van der Waals surface area contributed by atoms with Crippen molar-refractivity contribution < 1.29 is 4.79 Å². The number of halogens is 3. The van der Waals surface area contributed by atoms with Gasteiger partial charge in [0.1, 0.15) is 0 Å². The van der Waals surface area contributed by atoms with E-state index in [0.29, 0.717) is 32.0 Å². The molecule has 0 saturated heterocycles. The van der Waals surface area contributed by atoms with Crippen molar-refractivity contribution in [3.05, 3.63) is 51.2 Å². The first-order chi connectivity index (χ1) is 9.52. The molecule has 0 aliphatic rings. The van der Waals surface area contributed by atoms with Gasteiger partial charge in [-0.3, -0.25) is 9.78 Å². The van der Waals surface area contributed by atoms with Gasteiger partial charge in [0.05, 0.1) is 38.2 Å². The Balaban J connectivity index is 2.30. The Morgan fingerprint density at radius 1 is 1.10 bits per heavy atom. The molecule has 2 aromatic rings. The largest absolute Gasteiger partial charge is 0.386 e. The lowest BCUT2D eigenvalue weighted by Gasteiger charge is -2.11. The fraction of sp³-hybridized carbons (Fsp3) is 0.0769. The molecule has 1 aromatic heterocycles. The zero-order valence-corrected chi connectivity index (χ0v) is 12.6. The second-order valence-corrected chi connectivity index (χ2v) is 5.09. The van der Waals surface area contributed by atoms with Gasteiger partial charge >= 0.3 is 0 Å². The fourth-order valence-corrected chi connectivity index (χ4v) is 2.19. The van der Waals surface area contributed by atoms with Crippen molar-refractivity contribution in [2.75, 3.05) is 17.7 Å². The number of aromatic nitrogens is 1. The number of rotatable bonds is 3. The molecular weight excluding hydrogens is 321 g/mol. The van der Waals surface area contributed by atoms with Crippen LogP contribution in [-0.2, 0) is 0 Å². The molecule has 2 rings (SSSR count). The van der Waals surface area contributed by atoms with E-state index in [0.717, 1.165) is 0 Å². The third-order valence-corrected chi connectivity index (χ3v) is 3.63. The second-order valence-electron chi connectivity index (χ2n) is 3.87. The molecule has 7 heteroatoms. The third-order valence-electron chi connectivity index (χ3n) is 2.59. The van der Waals surface area contributed by atoms with Crippen molar-refractivity contribution in [2.45, 2.75) is 0 Å². The van der Waals surface area contributed by atoms with Gasteiger partial charge in [-0.1, -0.05) is 34.8 Å². The molecule has 0 unspecified atom stereocenters. The number of anilines is 2. The number of nitrogens with zero attached hydrogens (tertiary/aromatic N) is 1. The van der Waals surface area contributed by atoms with Gasteiger partial charge in [0.15, 0.2) is 0 Å². The maximum absolute atomic E-state index is 12.2. The maximum Gasteiger partial charge on any atom is 0.257 e. The molecule has 1 heterocycles. The Morgan fingerprint density at radius 2 is 1.80 bits per heavy atom. The smallest absolute Gasteiger partial charge is 0.257 e. The summed E-state index contributed by atoms with van der Waals surface area (Å²) in [6.45, 7) is 0. The molecule has 2 N–H and O–H groups in total. The highest BCUT2D eigenvalue weighted by atomic mass is 35.5. The topological polar surface area (TPSA) is 54.0 Å². The minimum Gasteiger partial charge on any atom is -0.386 e. The molecule has 104 valence electrons. The van der Waals surface area contributed by atoms with Crippen LogP contribution in [0.5, 0.6) is 0 Å². The average Bonchev–Trinajstić information content (AvgIpc) is 2.44. The molecule has 0 aliphatic carbocycles. The van der Waals surface area contributed by atoms with Crippen LogP contribution in [0, 0.1) is 0 Å². The van der Waals surface area contributed by atoms with Crippen LogP contribution in [0.3, 0.4) is 0 Å². The summed E-state index contributed by atoms with van der Waals surface area (Å²) in [4.78, 5) is 16.2. The first-order valence-corrected chi connectivity index (χ1v) is 6.74. The minimum atomic E-state index is -0.322. The molecule has 0 aliphatic heterocycles. The SMILES string of the molecule is CNc1cnccc1C(=O)Nc1cc(Cl)c(Cl)cc1Cl. The van der Waals surface area contributed by atoms with E-state index in [9.17, 15) is 4.79 Å². The highest BCUT2D eigenvalue weighted by Gasteiger charge is 2.13. The number of nitrogens with one attached hydrogen (secondary N) is 2. The second kappa shape index (κ2) is 6.31. The highest BCUT2D eigenvalue weighted by molar-refractivity contribution is 6.44. The van der Waals surface area contributed by atoms with Crippen molar-refractivity contribution >= 4 is 52.1 Å². The van der Waals surface area contributed by atoms with Crippen LogP contribution in [0.1, 0.15) is 10.4 Å². The van der Waals surface area contributed by atoms with Crippen LogP contribution in [0.25, 0.3) is 0 Å². The first-order valence-electron chi connectivity index (χ1n) is 5.60. The monoisotopic (exact) mass is 329 g/mol. The van der Waals surface area contributed by atoms with Crippen molar-refractivity contribution in [3.63, 3.8) is 0 Å². The van der Waals surface area contributed by atoms with Crippen LogP contribution >= 0.6 is 34.8 Å². The number of amides is 1. The van der Waals surface area contributed by atoms with Crippen molar-refractivity contribution in [1.82, 2.24) is 4.98 Å². The van der Waals surface area contributed by atoms with Gasteiger partial charge in [-0.25, -0.2) is 0 Å². The van der Waals surface area contributed by atoms with Gasteiger partial charge in [-0.15, -0.1) is 0 Å². The summed E-state index contributed by atoms with van der Waals surface area (Å²) >= 11 is 17.8. The number of carbonyl (C=O) groups is 1. The van der Waals surface area contributed by atoms with Crippen LogP contribution in [-0.4, -0.2) is 17.9 Å². The van der Waals surface area contributed by atoms with Crippen LogP contribution in [0.4, 0.5) is 11.4 Å². The van der Waals surface area contributed by atoms with E-state index in [2.05, 4.69) is 15.6 Å². The molecular formula is C13H10Cl3N3O. The van der Waals surface area contributed by atoms with E-state index in [1.165, 1.54) is 18.3 Å². The third kappa shape index (κ3) is 3.15. The van der Waals surface area contributed by atoms with Gasteiger partial charge in [-0.2, -0.15) is 0 Å². The number of hydrogen-bond acceptors (Lipinski definition) is 3. The molecule has 4 nitrogen and oxygen atoms in total. The Kier molecular flexibility index (Phi) is 4.70. The summed E-state index contributed by atoms with van der Waals surface area (Å²) in [6.07, 6.45) is 3.09. The van der Waals surface area contributed by atoms with Gasteiger partial charge < -0.3 is 10.6 Å². The van der Waals surface area contributed by atoms with Crippen molar-refractivity contribution in [3.8, 4) is 0 Å². The first kappa shape index (κ1) is 14.9. The summed E-state index contributed by atoms with van der Waals surface area (Å²) in [7, 11) is 1.71. The molecule has 0 spiro atoms. The van der Waals surface area contributed by atoms with Gasteiger partial charge in [0, 0.05) is 13.2 Å². The van der Waals surface area contributed by atoms with Crippen LogP contribution in [0.15, 0.2) is 30.6 Å². The lowest BCUT2D eigenvalue weighted by atomic mass is 10.2. The van der Waals surface area contributed by atoms with Crippen LogP contribution < -0.4 is 10.6 Å². The van der Waals surface area contributed by atoms with Gasteiger partial charge in [-0.05, 0) is 18.2 Å². The minimum absolute atomic E-state index is 0.313. The van der Waals surface area contributed by atoms with Crippen molar-refractivity contribution in [2.24, 2.45) is 0 Å². The predicted octanol–water partition coefficient (Wildman–Crippen LogP) is 4.34. The molecule has 0 bridgehead atoms. The summed E-state index contributed by atoms with van der Waals surface area (Å²) < 4.78 is 0. The summed E-state index contributed by atoms with van der Waals surface area (Å²) in [5.74, 6) is -0.322. The Morgan fingerprint density at radius 3 is 2.50 bits per heavy atom. The molecule has 0 saturated carbocycles. The molecule has 1 amide bonds. The van der Waals surface area contributed by atoms with E-state index >= 15 is 0 Å². The lowest BCUT2D eigenvalue weighted by Crippen LogP contribution is -2.14. The molecule has 20 heavy (non-hydrogen) atoms. The van der Waals surface area contributed by atoms with E-state index in [4.69, 9.17) is 34.8 Å². The molecule has 0 radical (unpaired) electrons. The van der Waals surface area contributed by atoms with E-state index < -0.39 is 0 Å². The maximum atomic E-state index is 12.2. The van der Waals surface area contributed by atoms with Gasteiger partial charge in [0.2, 0.25) is 0 Å². The fourth-order valence-electron chi connectivity index (χ4n) is 1.60. The number of carbonyl (C=O) groups excluding carboxylic acids is 1. The number of benzene rings is 1. The number of hydrogen-bond donors (Lipinski definition) is 2. The Hall–Kier alpha value is -1.49. The van der Waals surface area contributed by atoms with Gasteiger partial charge in [0.25, 0.3) is 5.91 Å². The normalized spacial score (nSPS) is 10.2. The van der Waals surface area contributed by atoms with E-state index in [-0.39, 0.29) is 5.91 Å². The molecule has 0 atom stereocenters. The van der Waals surface area contributed by atoms with Crippen LogP contribution in [0.2, 0.25) is 15.1 Å². The predicted molar refractivity (Wildman–Crippen MR) is 83.2 cm³/mol. The van der Waals surface area contributed by atoms with E-state index in [1.807, 2.05) is 0 Å².